The number of rotatable bonds is 2. The van der Waals surface area contributed by atoms with Crippen LogP contribution in [0.2, 0.25) is 0 Å². The average Bonchev–Trinajstić information content (AvgIpc) is 1.99. The summed E-state index contributed by atoms with van der Waals surface area (Å²) < 4.78 is 1.94. The Balaban J connectivity index is 2.92. The second-order valence-corrected chi connectivity index (χ2v) is 4.00. The fourth-order valence-electron chi connectivity index (χ4n) is 0.816. The Morgan fingerprint density at radius 3 is 2.33 bits per heavy atom. The maximum Gasteiger partial charge on any atom is 0.0511 e. The molecule has 0 aliphatic carbocycles. The summed E-state index contributed by atoms with van der Waals surface area (Å²) in [6, 6.07) is 5.76. The molecule has 0 radical (unpaired) electrons. The van der Waals surface area contributed by atoms with E-state index in [4.69, 9.17) is 5.53 Å². The lowest BCUT2D eigenvalue weighted by molar-refractivity contribution is 1.04. The summed E-state index contributed by atoms with van der Waals surface area (Å²) in [6.07, 6.45) is 0. The summed E-state index contributed by atoms with van der Waals surface area (Å²) in [7, 11) is 0. The van der Waals surface area contributed by atoms with Crippen molar-refractivity contribution in [3.05, 3.63) is 43.2 Å². The minimum atomic E-state index is 0.383. The maximum absolute atomic E-state index is 8.10. The molecule has 12 heavy (non-hydrogen) atoms. The first-order valence-corrected chi connectivity index (χ1v) is 4.77. The van der Waals surface area contributed by atoms with Crippen LogP contribution in [-0.4, -0.2) is 0 Å². The van der Waals surface area contributed by atoms with Crippen LogP contribution in [0.1, 0.15) is 5.56 Å². The van der Waals surface area contributed by atoms with Gasteiger partial charge in [-0.25, -0.2) is 0 Å². The van der Waals surface area contributed by atoms with Crippen LogP contribution < -0.4 is 0 Å². The van der Waals surface area contributed by atoms with Crippen molar-refractivity contribution < 1.29 is 0 Å². The van der Waals surface area contributed by atoms with Gasteiger partial charge in [0.05, 0.1) is 6.54 Å². The van der Waals surface area contributed by atoms with Gasteiger partial charge in [-0.3, -0.25) is 0 Å². The van der Waals surface area contributed by atoms with Gasteiger partial charge in [-0.15, -0.1) is 0 Å². The molecule has 0 unspecified atom stereocenters. The van der Waals surface area contributed by atoms with Crippen LogP contribution in [0.25, 0.3) is 10.4 Å². The quantitative estimate of drug-likeness (QED) is 0.449. The highest BCUT2D eigenvalue weighted by Gasteiger charge is 1.95. The average molecular weight is 291 g/mol. The van der Waals surface area contributed by atoms with Crippen LogP contribution in [-0.2, 0) is 6.54 Å². The zero-order chi connectivity index (χ0) is 8.97. The van der Waals surface area contributed by atoms with E-state index in [9.17, 15) is 0 Å². The first-order valence-electron chi connectivity index (χ1n) is 3.18. The molecule has 0 spiro atoms. The smallest absolute Gasteiger partial charge is 0.0511 e. The number of hydrogen-bond donors (Lipinski definition) is 0. The lowest BCUT2D eigenvalue weighted by atomic mass is 10.2. The fourth-order valence-corrected chi connectivity index (χ4v) is 2.20. The normalized spacial score (nSPS) is 9.17. The van der Waals surface area contributed by atoms with Crippen LogP contribution in [0.3, 0.4) is 0 Å². The minimum Gasteiger partial charge on any atom is -0.0893 e. The molecule has 1 aromatic carbocycles. The Kier molecular flexibility index (Phi) is 3.59. The number of hydrogen-bond acceptors (Lipinski definition) is 1. The number of nitrogens with zero attached hydrogens (tertiary/aromatic N) is 3. The molecule has 0 aliphatic rings. The molecule has 0 fully saturated rings. The highest BCUT2D eigenvalue weighted by molar-refractivity contribution is 9.11. The van der Waals surface area contributed by atoms with Crippen molar-refractivity contribution in [1.29, 1.82) is 0 Å². The summed E-state index contributed by atoms with van der Waals surface area (Å²) in [6.45, 7) is 0.383. The molecule has 0 bridgehead atoms. The van der Waals surface area contributed by atoms with Gasteiger partial charge in [-0.2, -0.15) is 0 Å². The molecule has 0 aromatic heterocycles. The fraction of sp³-hybridized carbons (Fsp3) is 0.143. The first-order chi connectivity index (χ1) is 5.72. The Bertz CT molecular complexity index is 311. The molecule has 0 aliphatic heterocycles. The standard InChI is InChI=1S/C7H5Br2N3/c8-6-1-5(4-11-12-10)2-7(9)3-6/h1-3H,4H2. The number of halogens is 2. The molecule has 0 amide bonds. The number of azide groups is 1. The topological polar surface area (TPSA) is 48.8 Å². The minimum absolute atomic E-state index is 0.383. The Hall–Kier alpha value is -0.510. The summed E-state index contributed by atoms with van der Waals surface area (Å²) in [5.41, 5.74) is 9.08. The van der Waals surface area contributed by atoms with E-state index in [0.717, 1.165) is 14.5 Å². The van der Waals surface area contributed by atoms with E-state index in [1.807, 2.05) is 18.2 Å². The Labute approximate surface area is 86.7 Å². The molecule has 0 N–H and O–H groups in total. The van der Waals surface area contributed by atoms with Crippen molar-refractivity contribution in [2.75, 3.05) is 0 Å². The van der Waals surface area contributed by atoms with Gasteiger partial charge >= 0.3 is 0 Å². The third kappa shape index (κ3) is 2.85. The van der Waals surface area contributed by atoms with Crippen molar-refractivity contribution in [1.82, 2.24) is 0 Å². The van der Waals surface area contributed by atoms with E-state index >= 15 is 0 Å². The third-order valence-corrected chi connectivity index (χ3v) is 2.15. The molecule has 1 aromatic rings. The van der Waals surface area contributed by atoms with E-state index in [1.54, 1.807) is 0 Å². The molecule has 1 rings (SSSR count). The van der Waals surface area contributed by atoms with Gasteiger partial charge < -0.3 is 0 Å². The van der Waals surface area contributed by atoms with Gasteiger partial charge in [0.1, 0.15) is 0 Å². The van der Waals surface area contributed by atoms with Gasteiger partial charge in [0.2, 0.25) is 0 Å². The molecular weight excluding hydrogens is 286 g/mol. The van der Waals surface area contributed by atoms with Gasteiger partial charge in [0, 0.05) is 13.9 Å². The maximum atomic E-state index is 8.10. The summed E-state index contributed by atoms with van der Waals surface area (Å²) >= 11 is 6.68. The SMILES string of the molecule is [N-]=[N+]=NCc1cc(Br)cc(Br)c1. The van der Waals surface area contributed by atoms with Crippen LogP contribution in [0, 0.1) is 0 Å². The lowest BCUT2D eigenvalue weighted by Crippen LogP contribution is -1.80. The molecule has 0 saturated carbocycles. The van der Waals surface area contributed by atoms with E-state index in [-0.39, 0.29) is 0 Å². The van der Waals surface area contributed by atoms with E-state index in [1.165, 1.54) is 0 Å². The zero-order valence-electron chi connectivity index (χ0n) is 6.04. The van der Waals surface area contributed by atoms with Gasteiger partial charge in [-0.05, 0) is 29.3 Å². The second-order valence-electron chi connectivity index (χ2n) is 2.17. The number of benzene rings is 1. The summed E-state index contributed by atoms with van der Waals surface area (Å²) in [4.78, 5) is 2.68. The monoisotopic (exact) mass is 289 g/mol. The highest BCUT2D eigenvalue weighted by atomic mass is 79.9. The van der Waals surface area contributed by atoms with Crippen molar-refractivity contribution in [3.8, 4) is 0 Å². The largest absolute Gasteiger partial charge is 0.0893 e. The third-order valence-electron chi connectivity index (χ3n) is 1.24. The van der Waals surface area contributed by atoms with Crippen LogP contribution in [0.4, 0.5) is 0 Å². The first kappa shape index (κ1) is 9.58. The lowest BCUT2D eigenvalue weighted by Gasteiger charge is -1.98. The van der Waals surface area contributed by atoms with Gasteiger partial charge in [0.15, 0.2) is 0 Å². The van der Waals surface area contributed by atoms with Crippen molar-refractivity contribution >= 4 is 31.9 Å². The van der Waals surface area contributed by atoms with Crippen molar-refractivity contribution in [2.45, 2.75) is 6.54 Å². The molecule has 0 heterocycles. The van der Waals surface area contributed by atoms with Crippen molar-refractivity contribution in [2.24, 2.45) is 5.11 Å². The zero-order valence-corrected chi connectivity index (χ0v) is 9.21. The predicted octanol–water partition coefficient (Wildman–Crippen LogP) is 4.02. The molecular formula is C7H5Br2N3. The Morgan fingerprint density at radius 2 is 1.83 bits per heavy atom. The summed E-state index contributed by atoms with van der Waals surface area (Å²) in [5.74, 6) is 0. The molecule has 0 atom stereocenters. The van der Waals surface area contributed by atoms with Gasteiger partial charge in [-0.1, -0.05) is 37.0 Å². The van der Waals surface area contributed by atoms with Gasteiger partial charge in [0.25, 0.3) is 0 Å². The second kappa shape index (κ2) is 4.50. The van der Waals surface area contributed by atoms with Crippen LogP contribution in [0.5, 0.6) is 0 Å². The van der Waals surface area contributed by atoms with E-state index in [2.05, 4.69) is 41.9 Å². The van der Waals surface area contributed by atoms with E-state index in [0.29, 0.717) is 6.54 Å². The summed E-state index contributed by atoms with van der Waals surface area (Å²) in [5, 5.41) is 3.46. The van der Waals surface area contributed by atoms with E-state index < -0.39 is 0 Å². The van der Waals surface area contributed by atoms with Crippen molar-refractivity contribution in [3.63, 3.8) is 0 Å². The predicted molar refractivity (Wildman–Crippen MR) is 54.7 cm³/mol. The van der Waals surface area contributed by atoms with Crippen LogP contribution in [0.15, 0.2) is 32.3 Å². The van der Waals surface area contributed by atoms with Crippen LogP contribution >= 0.6 is 31.9 Å². The molecule has 5 heteroatoms. The molecule has 62 valence electrons. The molecule has 3 nitrogen and oxygen atoms in total. The molecule has 0 saturated heterocycles. The Morgan fingerprint density at radius 1 is 1.25 bits per heavy atom. The highest BCUT2D eigenvalue weighted by Crippen LogP contribution is 2.20.